The maximum Gasteiger partial charge on any atom is 0.223 e. The second kappa shape index (κ2) is 6.11. The molecule has 1 aromatic rings. The van der Waals surface area contributed by atoms with E-state index < -0.39 is 0 Å². The van der Waals surface area contributed by atoms with Crippen LogP contribution < -0.4 is 21.1 Å². The summed E-state index contributed by atoms with van der Waals surface area (Å²) in [7, 11) is 3.24. The zero-order valence-corrected chi connectivity index (χ0v) is 10.9. The Morgan fingerprint density at radius 2 is 1.89 bits per heavy atom. The van der Waals surface area contributed by atoms with Crippen molar-refractivity contribution in [2.75, 3.05) is 43.7 Å². The summed E-state index contributed by atoms with van der Waals surface area (Å²) in [4.78, 5) is 12.9. The van der Waals surface area contributed by atoms with E-state index in [-0.39, 0.29) is 5.91 Å². The lowest BCUT2D eigenvalue weighted by Gasteiger charge is -2.20. The van der Waals surface area contributed by atoms with Crippen LogP contribution in [0.1, 0.15) is 6.92 Å². The highest BCUT2D eigenvalue weighted by molar-refractivity contribution is 5.94. The Balaban J connectivity index is 3.04. The van der Waals surface area contributed by atoms with Gasteiger partial charge >= 0.3 is 0 Å². The molecule has 0 atom stereocenters. The van der Waals surface area contributed by atoms with Gasteiger partial charge in [0, 0.05) is 27.1 Å². The molecule has 0 spiro atoms. The van der Waals surface area contributed by atoms with Gasteiger partial charge in [-0.1, -0.05) is 0 Å². The Morgan fingerprint density at radius 1 is 1.28 bits per heavy atom. The molecule has 0 heterocycles. The van der Waals surface area contributed by atoms with Gasteiger partial charge in [-0.05, 0) is 6.07 Å². The van der Waals surface area contributed by atoms with Gasteiger partial charge in [-0.25, -0.2) is 0 Å². The molecular weight excluding hydrogens is 234 g/mol. The summed E-state index contributed by atoms with van der Waals surface area (Å²) in [5, 5.41) is 0. The first-order chi connectivity index (χ1) is 8.47. The van der Waals surface area contributed by atoms with Crippen molar-refractivity contribution >= 4 is 23.0 Å². The van der Waals surface area contributed by atoms with Gasteiger partial charge in [-0.3, -0.25) is 4.79 Å². The van der Waals surface area contributed by atoms with Gasteiger partial charge in [0.25, 0.3) is 0 Å². The van der Waals surface area contributed by atoms with Gasteiger partial charge in [0.2, 0.25) is 5.91 Å². The van der Waals surface area contributed by atoms with Gasteiger partial charge in [0.15, 0.2) is 0 Å². The van der Waals surface area contributed by atoms with Crippen molar-refractivity contribution in [3.63, 3.8) is 0 Å². The van der Waals surface area contributed by atoms with Crippen LogP contribution in [0.15, 0.2) is 12.1 Å². The first kappa shape index (κ1) is 14.1. The molecule has 0 saturated heterocycles. The normalized spacial score (nSPS) is 10.2. The van der Waals surface area contributed by atoms with E-state index in [2.05, 4.69) is 0 Å². The Kier molecular flexibility index (Phi) is 4.79. The van der Waals surface area contributed by atoms with E-state index >= 15 is 0 Å². The molecule has 0 aliphatic rings. The number of hydrogen-bond acceptors (Lipinski definition) is 5. The Bertz CT molecular complexity index is 435. The van der Waals surface area contributed by atoms with E-state index in [0.29, 0.717) is 36.0 Å². The van der Waals surface area contributed by atoms with E-state index in [1.807, 2.05) is 0 Å². The maximum atomic E-state index is 11.4. The number of carbonyl (C=O) groups excluding carboxylic acids is 1. The number of ether oxygens (including phenoxy) is 2. The molecule has 0 aliphatic heterocycles. The van der Waals surface area contributed by atoms with Crippen molar-refractivity contribution in [3.8, 4) is 5.75 Å². The third-order valence-corrected chi connectivity index (χ3v) is 2.54. The molecule has 1 aromatic carbocycles. The van der Waals surface area contributed by atoms with E-state index in [0.717, 1.165) is 0 Å². The summed E-state index contributed by atoms with van der Waals surface area (Å²) in [5.41, 5.74) is 12.9. The maximum absolute atomic E-state index is 11.4. The van der Waals surface area contributed by atoms with Gasteiger partial charge in [0.1, 0.15) is 12.4 Å². The summed E-state index contributed by atoms with van der Waals surface area (Å²) < 4.78 is 10.4. The summed E-state index contributed by atoms with van der Waals surface area (Å²) in [6.07, 6.45) is 0. The van der Waals surface area contributed by atoms with Gasteiger partial charge in [-0.2, -0.15) is 0 Å². The highest BCUT2D eigenvalue weighted by atomic mass is 16.5. The minimum absolute atomic E-state index is 0.115. The third-order valence-electron chi connectivity index (χ3n) is 2.54. The van der Waals surface area contributed by atoms with Crippen molar-refractivity contribution in [2.45, 2.75) is 6.92 Å². The van der Waals surface area contributed by atoms with Crippen LogP contribution in [0.4, 0.5) is 17.1 Å². The lowest BCUT2D eigenvalue weighted by Crippen LogP contribution is -2.24. The van der Waals surface area contributed by atoms with Crippen molar-refractivity contribution < 1.29 is 14.3 Å². The summed E-state index contributed by atoms with van der Waals surface area (Å²) >= 11 is 0. The minimum Gasteiger partial charge on any atom is -0.489 e. The Labute approximate surface area is 106 Å². The topological polar surface area (TPSA) is 90.8 Å². The van der Waals surface area contributed by atoms with Crippen LogP contribution in [-0.2, 0) is 9.53 Å². The molecule has 0 unspecified atom stereocenters. The number of benzene rings is 1. The van der Waals surface area contributed by atoms with Gasteiger partial charge in [-0.15, -0.1) is 0 Å². The van der Waals surface area contributed by atoms with Crippen molar-refractivity contribution in [1.82, 2.24) is 0 Å². The van der Waals surface area contributed by atoms with E-state index in [4.69, 9.17) is 20.9 Å². The number of anilines is 3. The second-order valence-corrected chi connectivity index (χ2v) is 3.87. The molecule has 0 radical (unpaired) electrons. The van der Waals surface area contributed by atoms with Crippen molar-refractivity contribution in [3.05, 3.63) is 12.1 Å². The standard InChI is InChI=1S/C12H19N3O3/c1-8(16)15(2)11-6-9(13)10(14)7-12(11)18-5-4-17-3/h6-7H,4-5,13-14H2,1-3H3. The van der Waals surface area contributed by atoms with Crippen LogP contribution in [0, 0.1) is 0 Å². The molecule has 18 heavy (non-hydrogen) atoms. The predicted molar refractivity (Wildman–Crippen MR) is 71.7 cm³/mol. The van der Waals surface area contributed by atoms with Crippen LogP contribution in [0.3, 0.4) is 0 Å². The second-order valence-electron chi connectivity index (χ2n) is 3.87. The molecule has 0 saturated carbocycles. The monoisotopic (exact) mass is 253 g/mol. The van der Waals surface area contributed by atoms with Gasteiger partial charge in [0.05, 0.1) is 23.7 Å². The van der Waals surface area contributed by atoms with Crippen molar-refractivity contribution in [1.29, 1.82) is 0 Å². The SMILES string of the molecule is COCCOc1cc(N)c(N)cc1N(C)C(C)=O. The third kappa shape index (κ3) is 3.27. The van der Waals surface area contributed by atoms with Gasteiger partial charge < -0.3 is 25.8 Å². The highest BCUT2D eigenvalue weighted by Gasteiger charge is 2.14. The number of carbonyl (C=O) groups is 1. The van der Waals surface area contributed by atoms with Crippen LogP contribution in [-0.4, -0.2) is 33.3 Å². The molecule has 1 rings (SSSR count). The fraction of sp³-hybridized carbons (Fsp3) is 0.417. The summed E-state index contributed by atoms with van der Waals surface area (Å²) in [5.74, 6) is 0.396. The van der Waals surface area contributed by atoms with E-state index in [9.17, 15) is 4.79 Å². The molecule has 4 N–H and O–H groups in total. The molecule has 0 fully saturated rings. The number of nitrogens with two attached hydrogens (primary N) is 2. The minimum atomic E-state index is -0.115. The molecule has 1 amide bonds. The molecular formula is C12H19N3O3. The number of rotatable bonds is 5. The highest BCUT2D eigenvalue weighted by Crippen LogP contribution is 2.34. The largest absolute Gasteiger partial charge is 0.489 e. The first-order valence-electron chi connectivity index (χ1n) is 5.52. The molecule has 6 heteroatoms. The van der Waals surface area contributed by atoms with Crippen LogP contribution in [0.25, 0.3) is 0 Å². The Morgan fingerprint density at radius 3 is 2.44 bits per heavy atom. The Hall–Kier alpha value is -1.95. The lowest BCUT2D eigenvalue weighted by molar-refractivity contribution is -0.116. The molecule has 0 aromatic heterocycles. The molecule has 0 aliphatic carbocycles. The van der Waals surface area contributed by atoms with E-state index in [1.54, 1.807) is 26.3 Å². The molecule has 6 nitrogen and oxygen atoms in total. The predicted octanol–water partition coefficient (Wildman–Crippen LogP) is 0.859. The van der Waals surface area contributed by atoms with E-state index in [1.165, 1.54) is 11.8 Å². The smallest absolute Gasteiger partial charge is 0.223 e. The number of methoxy groups -OCH3 is 1. The zero-order valence-electron chi connectivity index (χ0n) is 10.9. The quantitative estimate of drug-likeness (QED) is 0.600. The van der Waals surface area contributed by atoms with Crippen LogP contribution in [0.2, 0.25) is 0 Å². The summed E-state index contributed by atoms with van der Waals surface area (Å²) in [6, 6.07) is 3.23. The fourth-order valence-electron chi connectivity index (χ4n) is 1.38. The van der Waals surface area contributed by atoms with Crippen LogP contribution in [0.5, 0.6) is 5.75 Å². The lowest BCUT2D eigenvalue weighted by atomic mass is 10.2. The van der Waals surface area contributed by atoms with Crippen molar-refractivity contribution in [2.24, 2.45) is 0 Å². The average Bonchev–Trinajstić information content (AvgIpc) is 2.32. The van der Waals surface area contributed by atoms with Crippen LogP contribution >= 0.6 is 0 Å². The average molecular weight is 253 g/mol. The first-order valence-corrected chi connectivity index (χ1v) is 5.52. The fourth-order valence-corrected chi connectivity index (χ4v) is 1.38. The number of nitrogen functional groups attached to an aromatic ring is 2. The number of hydrogen-bond donors (Lipinski definition) is 2. The number of nitrogens with zero attached hydrogens (tertiary/aromatic N) is 1. The zero-order chi connectivity index (χ0) is 13.7. The molecule has 100 valence electrons. The molecule has 0 bridgehead atoms. The number of amides is 1. The summed E-state index contributed by atoms with van der Waals surface area (Å²) in [6.45, 7) is 2.29.